The standard InChI is InChI=1S/C14H14ClN3O2/c1-8(12(16)19)18-13(20)9-5-10(7-11(15)6-9)14(17-2)3-4-14/h5-8H,3-4H2,1H3,(H2,16,19)(H,18,20)/t8-/m0/s1. The van der Waals surface area contributed by atoms with E-state index in [4.69, 9.17) is 23.9 Å². The minimum absolute atomic E-state index is 0.329. The predicted molar refractivity (Wildman–Crippen MR) is 75.1 cm³/mol. The molecule has 0 radical (unpaired) electrons. The van der Waals surface area contributed by atoms with Crippen molar-refractivity contribution in [1.29, 1.82) is 0 Å². The van der Waals surface area contributed by atoms with Crippen molar-refractivity contribution in [3.05, 3.63) is 45.8 Å². The van der Waals surface area contributed by atoms with Gasteiger partial charge >= 0.3 is 0 Å². The average Bonchev–Trinajstić information content (AvgIpc) is 3.18. The zero-order chi connectivity index (χ0) is 14.9. The van der Waals surface area contributed by atoms with Crippen molar-refractivity contribution in [3.63, 3.8) is 0 Å². The lowest BCUT2D eigenvalue weighted by Gasteiger charge is -2.12. The molecule has 1 aromatic rings. The van der Waals surface area contributed by atoms with Crippen LogP contribution >= 0.6 is 11.6 Å². The van der Waals surface area contributed by atoms with E-state index in [9.17, 15) is 9.59 Å². The van der Waals surface area contributed by atoms with Crippen LogP contribution in [0, 0.1) is 6.57 Å². The van der Waals surface area contributed by atoms with Crippen LogP contribution < -0.4 is 11.1 Å². The number of halogens is 1. The minimum atomic E-state index is -0.763. The number of hydrogen-bond acceptors (Lipinski definition) is 2. The van der Waals surface area contributed by atoms with Crippen molar-refractivity contribution in [2.75, 3.05) is 0 Å². The summed E-state index contributed by atoms with van der Waals surface area (Å²) in [5.74, 6) is -1.04. The Hall–Kier alpha value is -2.06. The third-order valence-electron chi connectivity index (χ3n) is 3.41. The van der Waals surface area contributed by atoms with E-state index < -0.39 is 23.4 Å². The third kappa shape index (κ3) is 2.75. The lowest BCUT2D eigenvalue weighted by molar-refractivity contribution is -0.119. The molecule has 1 fully saturated rings. The van der Waals surface area contributed by atoms with Gasteiger partial charge in [-0.2, -0.15) is 0 Å². The van der Waals surface area contributed by atoms with Gasteiger partial charge in [0, 0.05) is 29.0 Å². The number of nitrogens with one attached hydrogen (secondary N) is 1. The zero-order valence-corrected chi connectivity index (χ0v) is 11.7. The molecule has 0 aliphatic heterocycles. The summed E-state index contributed by atoms with van der Waals surface area (Å²) in [4.78, 5) is 26.6. The van der Waals surface area contributed by atoms with Gasteiger partial charge in [-0.3, -0.25) is 9.59 Å². The van der Waals surface area contributed by atoms with E-state index in [1.807, 2.05) is 0 Å². The molecule has 1 saturated carbocycles. The maximum absolute atomic E-state index is 12.0. The lowest BCUT2D eigenvalue weighted by atomic mass is 10.0. The number of primary amides is 1. The van der Waals surface area contributed by atoms with Crippen molar-refractivity contribution in [1.82, 2.24) is 5.32 Å². The molecule has 3 N–H and O–H groups in total. The first-order chi connectivity index (χ1) is 9.38. The Bertz CT molecular complexity index is 617. The molecule has 1 aromatic carbocycles. The van der Waals surface area contributed by atoms with Crippen LogP contribution in [0.25, 0.3) is 4.85 Å². The quantitative estimate of drug-likeness (QED) is 0.831. The molecule has 20 heavy (non-hydrogen) atoms. The van der Waals surface area contributed by atoms with Crippen LogP contribution in [-0.2, 0) is 10.3 Å². The predicted octanol–water partition coefficient (Wildman–Crippen LogP) is 1.85. The highest BCUT2D eigenvalue weighted by Gasteiger charge is 2.52. The first-order valence-electron chi connectivity index (χ1n) is 6.18. The summed E-state index contributed by atoms with van der Waals surface area (Å²) in [6.07, 6.45) is 1.55. The van der Waals surface area contributed by atoms with Crippen LogP contribution in [-0.4, -0.2) is 17.9 Å². The zero-order valence-electron chi connectivity index (χ0n) is 10.9. The van der Waals surface area contributed by atoms with Crippen LogP contribution in [0.1, 0.15) is 35.7 Å². The second kappa shape index (κ2) is 5.14. The molecule has 5 nitrogen and oxygen atoms in total. The van der Waals surface area contributed by atoms with Gasteiger partial charge in [0.05, 0.1) is 0 Å². The van der Waals surface area contributed by atoms with Gasteiger partial charge in [-0.1, -0.05) is 11.6 Å². The molecule has 0 aromatic heterocycles. The summed E-state index contributed by atoms with van der Waals surface area (Å²) in [5.41, 5.74) is 5.65. The highest BCUT2D eigenvalue weighted by molar-refractivity contribution is 6.31. The van der Waals surface area contributed by atoms with Gasteiger partial charge < -0.3 is 15.9 Å². The van der Waals surface area contributed by atoms with E-state index in [1.54, 1.807) is 12.1 Å². The molecule has 0 heterocycles. The van der Waals surface area contributed by atoms with E-state index in [1.165, 1.54) is 13.0 Å². The highest BCUT2D eigenvalue weighted by atomic mass is 35.5. The number of amides is 2. The van der Waals surface area contributed by atoms with Gasteiger partial charge in [0.15, 0.2) is 0 Å². The van der Waals surface area contributed by atoms with E-state index in [0.717, 1.165) is 18.4 Å². The van der Waals surface area contributed by atoms with Gasteiger partial charge in [0.2, 0.25) is 5.91 Å². The number of hydrogen-bond donors (Lipinski definition) is 2. The maximum Gasteiger partial charge on any atom is 0.258 e. The highest BCUT2D eigenvalue weighted by Crippen LogP contribution is 2.50. The summed E-state index contributed by atoms with van der Waals surface area (Å²) >= 11 is 6.01. The third-order valence-corrected chi connectivity index (χ3v) is 3.63. The van der Waals surface area contributed by atoms with Gasteiger partial charge in [0.1, 0.15) is 6.04 Å². The number of carbonyl (C=O) groups is 2. The molecule has 1 aliphatic carbocycles. The van der Waals surface area contributed by atoms with Gasteiger partial charge in [-0.25, -0.2) is 6.57 Å². The summed E-state index contributed by atoms with van der Waals surface area (Å²) in [7, 11) is 0. The molecule has 2 amide bonds. The topological polar surface area (TPSA) is 76.6 Å². The first kappa shape index (κ1) is 14.4. The first-order valence-corrected chi connectivity index (χ1v) is 6.55. The van der Waals surface area contributed by atoms with Crippen molar-refractivity contribution in [3.8, 4) is 0 Å². The van der Waals surface area contributed by atoms with E-state index in [-0.39, 0.29) is 0 Å². The Morgan fingerprint density at radius 3 is 2.60 bits per heavy atom. The van der Waals surface area contributed by atoms with Crippen LogP contribution in [0.2, 0.25) is 5.02 Å². The molecule has 0 spiro atoms. The number of nitrogens with two attached hydrogens (primary N) is 1. The van der Waals surface area contributed by atoms with Crippen LogP contribution in [0.3, 0.4) is 0 Å². The van der Waals surface area contributed by atoms with E-state index in [2.05, 4.69) is 10.2 Å². The molecule has 0 saturated heterocycles. The number of carbonyl (C=O) groups excluding carboxylic acids is 2. The van der Waals surface area contributed by atoms with Crippen molar-refractivity contribution in [2.45, 2.75) is 31.3 Å². The Balaban J connectivity index is 2.27. The molecule has 1 atom stereocenters. The average molecular weight is 292 g/mol. The summed E-state index contributed by atoms with van der Waals surface area (Å²) in [5, 5.41) is 2.89. The van der Waals surface area contributed by atoms with Crippen LogP contribution in [0.15, 0.2) is 18.2 Å². The van der Waals surface area contributed by atoms with Gasteiger partial charge in [-0.15, -0.1) is 0 Å². The maximum atomic E-state index is 12.0. The fraction of sp³-hybridized carbons (Fsp3) is 0.357. The second-order valence-corrected chi connectivity index (χ2v) is 5.41. The number of rotatable bonds is 4. The smallest absolute Gasteiger partial charge is 0.258 e. The van der Waals surface area contributed by atoms with E-state index in [0.29, 0.717) is 10.6 Å². The normalized spacial score (nSPS) is 16.9. The number of benzene rings is 1. The monoisotopic (exact) mass is 291 g/mol. The largest absolute Gasteiger partial charge is 0.368 e. The van der Waals surface area contributed by atoms with Crippen LogP contribution in [0.4, 0.5) is 0 Å². The summed E-state index contributed by atoms with van der Waals surface area (Å²) < 4.78 is 0. The molecule has 0 bridgehead atoms. The Morgan fingerprint density at radius 2 is 2.10 bits per heavy atom. The lowest BCUT2D eigenvalue weighted by Crippen LogP contribution is -2.42. The van der Waals surface area contributed by atoms with Gasteiger partial charge in [0.25, 0.3) is 11.4 Å². The fourth-order valence-electron chi connectivity index (χ4n) is 1.92. The molecule has 2 rings (SSSR count). The number of nitrogens with zero attached hydrogens (tertiary/aromatic N) is 1. The Kier molecular flexibility index (Phi) is 3.69. The molecule has 0 unspecified atom stereocenters. The Labute approximate surface area is 121 Å². The summed E-state index contributed by atoms with van der Waals surface area (Å²) in [6, 6.07) is 4.11. The minimum Gasteiger partial charge on any atom is -0.368 e. The summed E-state index contributed by atoms with van der Waals surface area (Å²) in [6.45, 7) is 8.75. The van der Waals surface area contributed by atoms with Crippen LogP contribution in [0.5, 0.6) is 0 Å². The Morgan fingerprint density at radius 1 is 1.45 bits per heavy atom. The van der Waals surface area contributed by atoms with Gasteiger partial charge in [-0.05, 0) is 25.1 Å². The fourth-order valence-corrected chi connectivity index (χ4v) is 2.16. The molecule has 6 heteroatoms. The molecule has 104 valence electrons. The molecule has 1 aliphatic rings. The second-order valence-electron chi connectivity index (χ2n) is 4.97. The van der Waals surface area contributed by atoms with Crippen molar-refractivity contribution >= 4 is 23.4 Å². The van der Waals surface area contributed by atoms with Crippen molar-refractivity contribution < 1.29 is 9.59 Å². The van der Waals surface area contributed by atoms with Crippen molar-refractivity contribution in [2.24, 2.45) is 5.73 Å². The SMILES string of the molecule is [C-]#[N+]C1(c2cc(Cl)cc(C(=O)N[C@@H](C)C(N)=O)c2)CC1. The molecular formula is C14H14ClN3O2. The molecular weight excluding hydrogens is 278 g/mol. The van der Waals surface area contributed by atoms with E-state index >= 15 is 0 Å².